The van der Waals surface area contributed by atoms with Crippen LogP contribution in [0.3, 0.4) is 0 Å². The van der Waals surface area contributed by atoms with E-state index in [1.165, 1.54) is 4.31 Å². The molecule has 1 aromatic rings. The molecule has 1 heterocycles. The second kappa shape index (κ2) is 6.33. The molecular weight excluding hydrogens is 305 g/mol. The Morgan fingerprint density at radius 2 is 1.71 bits per heavy atom. The lowest BCUT2D eigenvalue weighted by atomic mass is 10.1. The zero-order chi connectivity index (χ0) is 15.6. The maximum Gasteiger partial charge on any atom is 0.211 e. The Morgan fingerprint density at radius 3 is 2.29 bits per heavy atom. The van der Waals surface area contributed by atoms with E-state index in [0.29, 0.717) is 32.0 Å². The van der Waals surface area contributed by atoms with Gasteiger partial charge in [0.25, 0.3) is 0 Å². The van der Waals surface area contributed by atoms with Gasteiger partial charge in [0.15, 0.2) is 11.6 Å². The Morgan fingerprint density at radius 1 is 1.14 bits per heavy atom. The van der Waals surface area contributed by atoms with Gasteiger partial charge in [-0.2, -0.15) is 0 Å². The van der Waals surface area contributed by atoms with Crippen LogP contribution < -0.4 is 5.32 Å². The highest BCUT2D eigenvalue weighted by Crippen LogP contribution is 2.16. The highest BCUT2D eigenvalue weighted by atomic mass is 32.2. The van der Waals surface area contributed by atoms with Gasteiger partial charge in [-0.1, -0.05) is 0 Å². The molecule has 1 fully saturated rings. The van der Waals surface area contributed by atoms with Crippen LogP contribution in [0, 0.1) is 17.5 Å². The van der Waals surface area contributed by atoms with E-state index in [4.69, 9.17) is 0 Å². The largest absolute Gasteiger partial charge is 0.310 e. The standard InChI is InChI=1S/C13H17F3N2O2S/c1-21(19,20)18-4-2-10(3-5-18)17-8-9-6-12(15)13(16)7-11(9)14/h6-7,10,17H,2-5,8H2,1H3. The van der Waals surface area contributed by atoms with E-state index >= 15 is 0 Å². The Kier molecular flexibility index (Phi) is 4.90. The van der Waals surface area contributed by atoms with Crippen LogP contribution in [0.2, 0.25) is 0 Å². The highest BCUT2D eigenvalue weighted by Gasteiger charge is 2.24. The molecule has 1 aliphatic heterocycles. The van der Waals surface area contributed by atoms with Crippen LogP contribution >= 0.6 is 0 Å². The monoisotopic (exact) mass is 322 g/mol. The van der Waals surface area contributed by atoms with E-state index in [1.54, 1.807) is 0 Å². The van der Waals surface area contributed by atoms with Crippen LogP contribution in [-0.2, 0) is 16.6 Å². The molecule has 0 amide bonds. The molecule has 0 aliphatic carbocycles. The number of nitrogens with one attached hydrogen (secondary N) is 1. The molecule has 8 heteroatoms. The van der Waals surface area contributed by atoms with Crippen molar-refractivity contribution in [2.75, 3.05) is 19.3 Å². The maximum absolute atomic E-state index is 13.5. The molecule has 1 saturated heterocycles. The Hall–Kier alpha value is -1.12. The highest BCUT2D eigenvalue weighted by molar-refractivity contribution is 7.88. The first-order chi connectivity index (χ1) is 9.77. The molecule has 118 valence electrons. The molecule has 4 nitrogen and oxygen atoms in total. The van der Waals surface area contributed by atoms with Gasteiger partial charge in [-0.3, -0.25) is 0 Å². The summed E-state index contributed by atoms with van der Waals surface area (Å²) < 4.78 is 63.5. The third-order valence-electron chi connectivity index (χ3n) is 3.59. The van der Waals surface area contributed by atoms with E-state index < -0.39 is 27.5 Å². The van der Waals surface area contributed by atoms with Crippen molar-refractivity contribution in [3.05, 3.63) is 35.1 Å². The fourth-order valence-electron chi connectivity index (χ4n) is 2.35. The number of piperidine rings is 1. The lowest BCUT2D eigenvalue weighted by Gasteiger charge is -2.30. The molecule has 1 N–H and O–H groups in total. The van der Waals surface area contributed by atoms with Gasteiger partial charge in [0, 0.05) is 37.3 Å². The van der Waals surface area contributed by atoms with Crippen molar-refractivity contribution >= 4 is 10.0 Å². The van der Waals surface area contributed by atoms with E-state index in [0.717, 1.165) is 12.3 Å². The summed E-state index contributed by atoms with van der Waals surface area (Å²) in [5, 5.41) is 3.05. The summed E-state index contributed by atoms with van der Waals surface area (Å²) in [6.45, 7) is 0.875. The summed E-state index contributed by atoms with van der Waals surface area (Å²) in [5.74, 6) is -3.09. The Bertz CT molecular complexity index is 614. The van der Waals surface area contributed by atoms with Gasteiger partial charge in [-0.25, -0.2) is 25.9 Å². The molecule has 0 unspecified atom stereocenters. The van der Waals surface area contributed by atoms with E-state index in [9.17, 15) is 21.6 Å². The van der Waals surface area contributed by atoms with Crippen LogP contribution in [0.5, 0.6) is 0 Å². The smallest absolute Gasteiger partial charge is 0.211 e. The van der Waals surface area contributed by atoms with E-state index in [-0.39, 0.29) is 18.2 Å². The summed E-state index contributed by atoms with van der Waals surface area (Å²) >= 11 is 0. The van der Waals surface area contributed by atoms with Crippen molar-refractivity contribution in [3.63, 3.8) is 0 Å². The van der Waals surface area contributed by atoms with Crippen molar-refractivity contribution in [1.82, 2.24) is 9.62 Å². The Labute approximate surface area is 122 Å². The number of nitrogens with zero attached hydrogens (tertiary/aromatic N) is 1. The van der Waals surface area contributed by atoms with Crippen LogP contribution in [0.1, 0.15) is 18.4 Å². The first kappa shape index (κ1) is 16.3. The zero-order valence-corrected chi connectivity index (χ0v) is 12.4. The first-order valence-corrected chi connectivity index (χ1v) is 8.44. The predicted octanol–water partition coefficient (Wildman–Crippen LogP) is 1.62. The number of sulfonamides is 1. The molecule has 2 rings (SSSR count). The van der Waals surface area contributed by atoms with Gasteiger partial charge in [-0.05, 0) is 18.9 Å². The lowest BCUT2D eigenvalue weighted by molar-refractivity contribution is 0.289. The van der Waals surface area contributed by atoms with Gasteiger partial charge in [0.05, 0.1) is 6.26 Å². The molecule has 21 heavy (non-hydrogen) atoms. The molecule has 0 spiro atoms. The molecule has 0 radical (unpaired) electrons. The minimum absolute atomic E-state index is 0.0236. The zero-order valence-electron chi connectivity index (χ0n) is 11.6. The van der Waals surface area contributed by atoms with Crippen LogP contribution in [0.25, 0.3) is 0 Å². The van der Waals surface area contributed by atoms with Crippen LogP contribution in [0.4, 0.5) is 13.2 Å². The number of hydrogen-bond acceptors (Lipinski definition) is 3. The molecule has 1 aromatic carbocycles. The van der Waals surface area contributed by atoms with Crippen LogP contribution in [0.15, 0.2) is 12.1 Å². The fraction of sp³-hybridized carbons (Fsp3) is 0.538. The number of halogens is 3. The summed E-state index contributed by atoms with van der Waals surface area (Å²) in [7, 11) is -3.18. The maximum atomic E-state index is 13.5. The topological polar surface area (TPSA) is 49.4 Å². The summed E-state index contributed by atoms with van der Waals surface area (Å²) in [6, 6.07) is 1.39. The number of hydrogen-bond donors (Lipinski definition) is 1. The predicted molar refractivity (Wildman–Crippen MR) is 72.6 cm³/mol. The summed E-state index contributed by atoms with van der Waals surface area (Å²) in [5.41, 5.74) is 0.0550. The number of benzene rings is 1. The van der Waals surface area contributed by atoms with Crippen molar-refractivity contribution in [1.29, 1.82) is 0 Å². The SMILES string of the molecule is CS(=O)(=O)N1CCC(NCc2cc(F)c(F)cc2F)CC1. The van der Waals surface area contributed by atoms with Gasteiger partial charge in [0.1, 0.15) is 5.82 Å². The quantitative estimate of drug-likeness (QED) is 0.857. The molecule has 1 aliphatic rings. The van der Waals surface area contributed by atoms with Gasteiger partial charge >= 0.3 is 0 Å². The normalized spacial score (nSPS) is 18.1. The molecule has 0 bridgehead atoms. The van der Waals surface area contributed by atoms with E-state index in [2.05, 4.69) is 5.32 Å². The first-order valence-electron chi connectivity index (χ1n) is 6.59. The minimum Gasteiger partial charge on any atom is -0.310 e. The van der Waals surface area contributed by atoms with Crippen molar-refractivity contribution in [2.45, 2.75) is 25.4 Å². The van der Waals surface area contributed by atoms with Gasteiger partial charge < -0.3 is 5.32 Å². The molecule has 0 atom stereocenters. The lowest BCUT2D eigenvalue weighted by Crippen LogP contribution is -2.44. The summed E-state index contributed by atoms with van der Waals surface area (Å²) in [4.78, 5) is 0. The summed E-state index contributed by atoms with van der Waals surface area (Å²) in [6.07, 6.45) is 2.36. The fourth-order valence-corrected chi connectivity index (χ4v) is 3.22. The van der Waals surface area contributed by atoms with Gasteiger partial charge in [-0.15, -0.1) is 0 Å². The van der Waals surface area contributed by atoms with E-state index in [1.807, 2.05) is 0 Å². The van der Waals surface area contributed by atoms with Crippen LogP contribution in [-0.4, -0.2) is 38.1 Å². The number of rotatable bonds is 4. The third kappa shape index (κ3) is 4.18. The third-order valence-corrected chi connectivity index (χ3v) is 4.90. The molecule has 0 saturated carbocycles. The van der Waals surface area contributed by atoms with Crippen molar-refractivity contribution < 1.29 is 21.6 Å². The molecular formula is C13H17F3N2O2S. The average molecular weight is 322 g/mol. The molecule has 0 aromatic heterocycles. The Balaban J connectivity index is 1.89. The average Bonchev–Trinajstić information content (AvgIpc) is 2.41. The second-order valence-electron chi connectivity index (χ2n) is 5.17. The second-order valence-corrected chi connectivity index (χ2v) is 7.16. The van der Waals surface area contributed by atoms with Crippen molar-refractivity contribution in [3.8, 4) is 0 Å². The van der Waals surface area contributed by atoms with Gasteiger partial charge in [0.2, 0.25) is 10.0 Å². The van der Waals surface area contributed by atoms with Crippen molar-refractivity contribution in [2.24, 2.45) is 0 Å². The minimum atomic E-state index is -3.18.